The van der Waals surface area contributed by atoms with Crippen LogP contribution in [0.1, 0.15) is 39.8 Å². The van der Waals surface area contributed by atoms with Crippen LogP contribution in [0.4, 0.5) is 0 Å². The normalized spacial score (nSPS) is 12.8. The summed E-state index contributed by atoms with van der Waals surface area (Å²) in [5.41, 5.74) is 2.84. The number of hydrogen-bond acceptors (Lipinski definition) is 5. The number of aliphatic hydroxyl groups excluding tert-OH is 1. The summed E-state index contributed by atoms with van der Waals surface area (Å²) >= 11 is 0. The van der Waals surface area contributed by atoms with E-state index in [1.807, 2.05) is 41.8 Å². The van der Waals surface area contributed by atoms with E-state index in [0.717, 1.165) is 11.6 Å². The van der Waals surface area contributed by atoms with Crippen molar-refractivity contribution in [3.63, 3.8) is 0 Å². The predicted octanol–water partition coefficient (Wildman–Crippen LogP) is 4.73. The molecule has 2 N–H and O–H groups in total. The van der Waals surface area contributed by atoms with Crippen LogP contribution in [0, 0.1) is 6.92 Å². The molecule has 184 valence electrons. The first kappa shape index (κ1) is 25.9. The van der Waals surface area contributed by atoms with Crippen LogP contribution in [0.5, 0.6) is 5.75 Å². The Morgan fingerprint density at radius 1 is 1.21 bits per heavy atom. The second kappa shape index (κ2) is 10.7. The summed E-state index contributed by atoms with van der Waals surface area (Å²) in [5.74, 6) is 0.501. The lowest BCUT2D eigenvalue weighted by Gasteiger charge is -2.18. The summed E-state index contributed by atoms with van der Waals surface area (Å²) < 4.78 is 7.83. The second-order valence-electron chi connectivity index (χ2n) is 10.2. The number of carbonyl (C=O) groups excluding carboxylic acids is 1. The van der Waals surface area contributed by atoms with Crippen LogP contribution < -0.4 is 0 Å². The molecule has 0 aliphatic heterocycles. The lowest BCUT2D eigenvalue weighted by atomic mass is 9.96. The minimum absolute atomic E-state index is 0.00749. The lowest BCUT2D eigenvalue weighted by Crippen LogP contribution is -2.23. The second-order valence-corrected chi connectivity index (χ2v) is 15.8. The van der Waals surface area contributed by atoms with Crippen LogP contribution >= 0.6 is 0 Å². The van der Waals surface area contributed by atoms with Crippen molar-refractivity contribution in [1.29, 1.82) is 0 Å². The van der Waals surface area contributed by atoms with Gasteiger partial charge < -0.3 is 24.4 Å². The van der Waals surface area contributed by atoms with Crippen LogP contribution in [0.3, 0.4) is 0 Å². The van der Waals surface area contributed by atoms with Crippen LogP contribution in [0.2, 0.25) is 25.7 Å². The molecular formula is C26H37N3O4Si. The number of nitrogens with zero attached hydrogens (tertiary/aromatic N) is 3. The van der Waals surface area contributed by atoms with Crippen molar-refractivity contribution in [1.82, 2.24) is 14.5 Å². The van der Waals surface area contributed by atoms with Crippen molar-refractivity contribution < 1.29 is 19.7 Å². The van der Waals surface area contributed by atoms with Gasteiger partial charge in [-0.3, -0.25) is 4.79 Å². The minimum atomic E-state index is -1.20. The van der Waals surface area contributed by atoms with E-state index in [1.165, 1.54) is 4.90 Å². The molecule has 0 fully saturated rings. The smallest absolute Gasteiger partial charge is 0.253 e. The molecule has 1 atom stereocenters. The third-order valence-electron chi connectivity index (χ3n) is 6.02. The molecule has 0 spiro atoms. The molecule has 0 aliphatic rings. The van der Waals surface area contributed by atoms with Gasteiger partial charge >= 0.3 is 0 Å². The number of fused-ring (bicyclic) bond motifs is 1. The molecule has 7 nitrogen and oxygen atoms in total. The van der Waals surface area contributed by atoms with E-state index >= 15 is 0 Å². The molecule has 3 rings (SSSR count). The van der Waals surface area contributed by atoms with Crippen LogP contribution in [-0.4, -0.2) is 59.3 Å². The maximum absolute atomic E-state index is 13.1. The van der Waals surface area contributed by atoms with Gasteiger partial charge in [0.15, 0.2) is 0 Å². The van der Waals surface area contributed by atoms with Crippen molar-refractivity contribution in [3.8, 4) is 5.75 Å². The molecule has 0 saturated carbocycles. The molecule has 0 saturated heterocycles. The molecule has 0 radical (unpaired) electrons. The molecule has 1 unspecified atom stereocenters. The number of aromatic nitrogens is 2. The highest BCUT2D eigenvalue weighted by atomic mass is 28.3. The quantitative estimate of drug-likeness (QED) is 0.321. The van der Waals surface area contributed by atoms with E-state index in [2.05, 4.69) is 24.6 Å². The van der Waals surface area contributed by atoms with E-state index in [4.69, 9.17) is 4.74 Å². The van der Waals surface area contributed by atoms with Gasteiger partial charge in [0.05, 0.1) is 11.6 Å². The lowest BCUT2D eigenvalue weighted by molar-refractivity contribution is 0.0824. The average Bonchev–Trinajstić information content (AvgIpc) is 3.10. The Bertz CT molecular complexity index is 1140. The van der Waals surface area contributed by atoms with Gasteiger partial charge in [-0.1, -0.05) is 50.0 Å². The Labute approximate surface area is 203 Å². The van der Waals surface area contributed by atoms with Gasteiger partial charge in [0.1, 0.15) is 23.8 Å². The molecule has 0 aliphatic carbocycles. The van der Waals surface area contributed by atoms with Crippen LogP contribution in [0.25, 0.3) is 11.0 Å². The number of benzene rings is 2. The van der Waals surface area contributed by atoms with Gasteiger partial charge in [0, 0.05) is 39.9 Å². The fourth-order valence-corrected chi connectivity index (χ4v) is 4.66. The Morgan fingerprint density at radius 2 is 1.88 bits per heavy atom. The zero-order valence-electron chi connectivity index (χ0n) is 21.1. The number of aromatic hydroxyl groups is 1. The number of imidazole rings is 1. The number of hydrogen-bond donors (Lipinski definition) is 2. The van der Waals surface area contributed by atoms with Crippen molar-refractivity contribution in [3.05, 3.63) is 58.9 Å². The standard InChI is InChI=1S/C26H37N3O4Si/c1-18-27-24-22(29(18)17-33-14-15-34(4,5)6)16-21(26(32)28(2)3)20(25(24)31)12-13-23(30)19-10-8-7-9-11-19/h7-11,16,23,30-31H,12-15,17H2,1-6H3. The first-order valence-electron chi connectivity index (χ1n) is 11.7. The van der Waals surface area contributed by atoms with E-state index in [-0.39, 0.29) is 11.7 Å². The SMILES string of the molecule is Cc1nc2c(O)c(CCC(O)c3ccccc3)c(C(=O)N(C)C)cc2n1COCC[Si](C)(C)C. The molecular weight excluding hydrogens is 446 g/mol. The van der Waals surface area contributed by atoms with Crippen molar-refractivity contribution >= 4 is 25.0 Å². The Hall–Kier alpha value is -2.68. The molecule has 2 aromatic carbocycles. The minimum Gasteiger partial charge on any atom is -0.505 e. The fourth-order valence-electron chi connectivity index (χ4n) is 3.90. The third kappa shape index (κ3) is 6.05. The summed E-state index contributed by atoms with van der Waals surface area (Å²) in [6.45, 7) is 9.77. The molecule has 34 heavy (non-hydrogen) atoms. The summed E-state index contributed by atoms with van der Waals surface area (Å²) in [4.78, 5) is 19.1. The molecule has 1 aromatic heterocycles. The molecule has 1 heterocycles. The van der Waals surface area contributed by atoms with Crippen LogP contribution in [0.15, 0.2) is 36.4 Å². The summed E-state index contributed by atoms with van der Waals surface area (Å²) in [7, 11) is 2.17. The van der Waals surface area contributed by atoms with E-state index < -0.39 is 14.2 Å². The number of phenolic OH excluding ortho intramolecular Hbond substituents is 1. The highest BCUT2D eigenvalue weighted by Gasteiger charge is 2.24. The van der Waals surface area contributed by atoms with Crippen molar-refractivity contribution in [2.75, 3.05) is 20.7 Å². The van der Waals surface area contributed by atoms with Crippen molar-refractivity contribution in [2.45, 2.75) is 58.3 Å². The number of amides is 1. The molecule has 1 amide bonds. The Balaban J connectivity index is 1.94. The Kier molecular flexibility index (Phi) is 8.17. The van der Waals surface area contributed by atoms with Crippen molar-refractivity contribution in [2.24, 2.45) is 0 Å². The van der Waals surface area contributed by atoms with Gasteiger partial charge in [0.25, 0.3) is 5.91 Å². The monoisotopic (exact) mass is 483 g/mol. The van der Waals surface area contributed by atoms with E-state index in [0.29, 0.717) is 54.2 Å². The summed E-state index contributed by atoms with van der Waals surface area (Å²) in [6.07, 6.45) is 0.0134. The van der Waals surface area contributed by atoms with Crippen LogP contribution in [-0.2, 0) is 17.9 Å². The van der Waals surface area contributed by atoms with E-state index in [9.17, 15) is 15.0 Å². The number of rotatable bonds is 10. The topological polar surface area (TPSA) is 87.8 Å². The molecule has 8 heteroatoms. The Morgan fingerprint density at radius 3 is 2.50 bits per heavy atom. The zero-order chi connectivity index (χ0) is 25.0. The van der Waals surface area contributed by atoms with Gasteiger partial charge in [-0.25, -0.2) is 4.98 Å². The third-order valence-corrected chi connectivity index (χ3v) is 7.72. The highest BCUT2D eigenvalue weighted by Crippen LogP contribution is 2.35. The maximum atomic E-state index is 13.1. The number of aryl methyl sites for hydroxylation is 1. The van der Waals surface area contributed by atoms with Gasteiger partial charge in [0.2, 0.25) is 0 Å². The number of ether oxygens (including phenoxy) is 1. The molecule has 0 bridgehead atoms. The number of aliphatic hydroxyl groups is 1. The average molecular weight is 484 g/mol. The predicted molar refractivity (Wildman–Crippen MR) is 138 cm³/mol. The summed E-state index contributed by atoms with van der Waals surface area (Å²) in [6, 6.07) is 12.2. The maximum Gasteiger partial charge on any atom is 0.253 e. The van der Waals surface area contributed by atoms with E-state index in [1.54, 1.807) is 20.2 Å². The first-order valence-corrected chi connectivity index (χ1v) is 15.4. The zero-order valence-corrected chi connectivity index (χ0v) is 22.1. The highest BCUT2D eigenvalue weighted by molar-refractivity contribution is 6.76. The largest absolute Gasteiger partial charge is 0.505 e. The number of phenols is 1. The van der Waals surface area contributed by atoms with Gasteiger partial charge in [-0.2, -0.15) is 0 Å². The fraction of sp³-hybridized carbons (Fsp3) is 0.462. The summed E-state index contributed by atoms with van der Waals surface area (Å²) in [5, 5.41) is 21.8. The van der Waals surface area contributed by atoms with Gasteiger partial charge in [-0.05, 0) is 37.4 Å². The number of carbonyl (C=O) groups is 1. The first-order chi connectivity index (χ1) is 16.0. The van der Waals surface area contributed by atoms with Gasteiger partial charge in [-0.15, -0.1) is 0 Å². The molecule has 3 aromatic rings.